The topological polar surface area (TPSA) is 47.7 Å². The van der Waals surface area contributed by atoms with E-state index in [1.54, 1.807) is 0 Å². The second kappa shape index (κ2) is 14.3. The summed E-state index contributed by atoms with van der Waals surface area (Å²) in [6, 6.07) is 75.0. The normalized spacial score (nSPS) is 17.1. The number of benzene rings is 10. The number of hydrogen-bond acceptors (Lipinski definition) is 4. The molecule has 5 nitrogen and oxygen atoms in total. The molecule has 1 atom stereocenters. The van der Waals surface area contributed by atoms with Crippen molar-refractivity contribution in [1.82, 2.24) is 9.13 Å². The number of rotatable bonds is 3. The lowest BCUT2D eigenvalue weighted by Crippen LogP contribution is -2.18. The molecule has 0 fully saturated rings. The van der Waals surface area contributed by atoms with E-state index in [1.807, 2.05) is 17.4 Å². The van der Waals surface area contributed by atoms with Gasteiger partial charge in [-0.15, -0.1) is 11.3 Å². The average Bonchev–Trinajstić information content (AvgIpc) is 4.14. The smallest absolute Gasteiger partial charge is 0.161 e. The second-order valence-corrected chi connectivity index (χ2v) is 19.8. The van der Waals surface area contributed by atoms with Gasteiger partial charge in [-0.05, 0) is 77.4 Å². The van der Waals surface area contributed by atoms with Gasteiger partial charge in [0.1, 0.15) is 11.2 Å². The van der Waals surface area contributed by atoms with Gasteiger partial charge in [0.2, 0.25) is 0 Å². The number of para-hydroxylation sites is 5. The quantitative estimate of drug-likeness (QED) is 0.174. The maximum atomic E-state index is 6.75. The molecule has 0 bridgehead atoms. The van der Waals surface area contributed by atoms with Crippen molar-refractivity contribution in [2.24, 2.45) is 9.98 Å². The Morgan fingerprint density at radius 3 is 1.99 bits per heavy atom. The molecular formula is C64H38N4OS. The third-order valence-electron chi connectivity index (χ3n) is 15.1. The maximum Gasteiger partial charge on any atom is 0.161 e. The second-order valence-electron chi connectivity index (χ2n) is 18.7. The number of aromatic nitrogens is 2. The van der Waals surface area contributed by atoms with Crippen molar-refractivity contribution in [1.29, 1.82) is 0 Å². The van der Waals surface area contributed by atoms with Gasteiger partial charge < -0.3 is 13.6 Å². The number of hydrogen-bond donors (Lipinski definition) is 0. The van der Waals surface area contributed by atoms with Crippen LogP contribution in [0.5, 0.6) is 0 Å². The minimum Gasteiger partial charge on any atom is -0.456 e. The zero-order valence-electron chi connectivity index (χ0n) is 37.6. The van der Waals surface area contributed by atoms with Gasteiger partial charge >= 0.3 is 0 Å². The summed E-state index contributed by atoms with van der Waals surface area (Å²) in [5, 5.41) is 11.8. The number of amidine groups is 1. The van der Waals surface area contributed by atoms with Crippen LogP contribution in [-0.4, -0.2) is 20.7 Å². The van der Waals surface area contributed by atoms with Crippen molar-refractivity contribution in [2.45, 2.75) is 12.3 Å². The monoisotopic (exact) mass is 910 g/mol. The van der Waals surface area contributed by atoms with Gasteiger partial charge in [-0.2, -0.15) is 0 Å². The maximum absolute atomic E-state index is 6.75. The Kier molecular flexibility index (Phi) is 7.82. The summed E-state index contributed by atoms with van der Waals surface area (Å²) in [6.45, 7) is 0. The summed E-state index contributed by atoms with van der Waals surface area (Å²) in [4.78, 5) is 11.9. The molecule has 0 spiro atoms. The zero-order chi connectivity index (χ0) is 45.6. The molecule has 10 aromatic carbocycles. The molecule has 6 heterocycles. The fourth-order valence-corrected chi connectivity index (χ4v) is 13.2. The van der Waals surface area contributed by atoms with Crippen molar-refractivity contribution in [3.05, 3.63) is 235 Å². The number of allylic oxidation sites excluding steroid dienone is 1. The van der Waals surface area contributed by atoms with Crippen LogP contribution in [0.3, 0.4) is 0 Å². The molecule has 0 saturated heterocycles. The Morgan fingerprint density at radius 2 is 1.11 bits per heavy atom. The van der Waals surface area contributed by atoms with Crippen molar-refractivity contribution in [3.63, 3.8) is 0 Å². The fourth-order valence-electron chi connectivity index (χ4n) is 12.0. The Hall–Kier alpha value is -8.84. The van der Waals surface area contributed by atoms with Crippen LogP contribution < -0.4 is 0 Å². The molecule has 326 valence electrons. The predicted molar refractivity (Wildman–Crippen MR) is 294 cm³/mol. The third kappa shape index (κ3) is 5.31. The summed E-state index contributed by atoms with van der Waals surface area (Å²) >= 11 is 1.82. The molecule has 0 radical (unpaired) electrons. The number of thiophene rings is 1. The number of fused-ring (bicyclic) bond motifs is 18. The number of nitrogens with zero attached hydrogens (tertiary/aromatic N) is 4. The lowest BCUT2D eigenvalue weighted by molar-refractivity contribution is 0.668. The minimum absolute atomic E-state index is 0.0934. The summed E-state index contributed by atoms with van der Waals surface area (Å²) in [5.74, 6) is 0.600. The molecular weight excluding hydrogens is 873 g/mol. The van der Waals surface area contributed by atoms with Gasteiger partial charge in [-0.1, -0.05) is 152 Å². The lowest BCUT2D eigenvalue weighted by Gasteiger charge is -2.23. The number of aliphatic imine (C=N–C) groups is 2. The zero-order valence-corrected chi connectivity index (χ0v) is 38.4. The van der Waals surface area contributed by atoms with Crippen LogP contribution in [0.4, 0.5) is 0 Å². The van der Waals surface area contributed by atoms with E-state index in [1.165, 1.54) is 74.8 Å². The molecule has 0 amide bonds. The van der Waals surface area contributed by atoms with E-state index in [0.29, 0.717) is 12.3 Å². The van der Waals surface area contributed by atoms with Gasteiger partial charge in [0.25, 0.3) is 0 Å². The van der Waals surface area contributed by atoms with Crippen molar-refractivity contribution in [3.8, 4) is 11.4 Å². The Morgan fingerprint density at radius 1 is 0.443 bits per heavy atom. The molecule has 0 N–H and O–H groups in total. The fraction of sp³-hybridized carbons (Fsp3) is 0.0312. The van der Waals surface area contributed by atoms with Gasteiger partial charge in [0.05, 0.1) is 44.9 Å². The largest absolute Gasteiger partial charge is 0.456 e. The third-order valence-corrected chi connectivity index (χ3v) is 16.3. The first kappa shape index (κ1) is 38.2. The van der Waals surface area contributed by atoms with Crippen LogP contribution in [0.25, 0.3) is 114 Å². The Labute approximate surface area is 404 Å². The van der Waals surface area contributed by atoms with Crippen LogP contribution >= 0.6 is 11.3 Å². The Balaban J connectivity index is 1.04. The molecule has 2 aliphatic rings. The van der Waals surface area contributed by atoms with Crippen LogP contribution in [0, 0.1) is 0 Å². The van der Waals surface area contributed by atoms with Gasteiger partial charge in [-0.25, -0.2) is 9.98 Å². The molecule has 0 saturated carbocycles. The van der Waals surface area contributed by atoms with Crippen LogP contribution in [-0.2, 0) is 0 Å². The van der Waals surface area contributed by atoms with E-state index < -0.39 is 0 Å². The van der Waals surface area contributed by atoms with Gasteiger partial charge in [0.15, 0.2) is 5.84 Å². The molecule has 1 unspecified atom stereocenters. The molecule has 2 aliphatic heterocycles. The van der Waals surface area contributed by atoms with Crippen molar-refractivity contribution in [2.75, 3.05) is 0 Å². The summed E-state index contributed by atoms with van der Waals surface area (Å²) in [6.07, 6.45) is 3.08. The van der Waals surface area contributed by atoms with E-state index in [0.717, 1.165) is 66.8 Å². The van der Waals surface area contributed by atoms with E-state index in [-0.39, 0.29) is 5.92 Å². The van der Waals surface area contributed by atoms with Crippen LogP contribution in [0.15, 0.2) is 227 Å². The summed E-state index contributed by atoms with van der Waals surface area (Å²) in [7, 11) is 0. The van der Waals surface area contributed by atoms with Gasteiger partial charge in [0, 0.05) is 81.2 Å². The highest BCUT2D eigenvalue weighted by Gasteiger charge is 2.33. The van der Waals surface area contributed by atoms with Crippen LogP contribution in [0.2, 0.25) is 0 Å². The molecule has 14 aromatic rings. The Bertz CT molecular complexity index is 4710. The SMILES string of the molecule is C1=C(c2cc3c(cc2-n2c4ccccc4c4cc5ccccc5cc42)oc2ccccc23)/N=C(c2cccc3c2sc2ccccc23)\N=C2\c3cccc4c5ccccc5n(c34)-c3ccccc3C2C/1. The first-order chi connectivity index (χ1) is 34.7. The predicted octanol–water partition coefficient (Wildman–Crippen LogP) is 17.1. The molecule has 0 aliphatic carbocycles. The molecule has 4 aromatic heterocycles. The molecule has 70 heavy (non-hydrogen) atoms. The van der Waals surface area contributed by atoms with Crippen LogP contribution in [0.1, 0.15) is 34.6 Å². The van der Waals surface area contributed by atoms with E-state index in [9.17, 15) is 0 Å². The summed E-state index contributed by atoms with van der Waals surface area (Å²) in [5.41, 5.74) is 14.8. The standard InChI is InChI=1S/C64H38N4OS/c1-2-16-38-34-56-49(33-37(38)15-1)41-19-5-8-26-53(41)67(56)57-36-59-50(42-20-6-11-29-58(42)69-59)35-51(57)52-32-31-44-39-17-3-9-27-54(39)68-55-28-10-4-18-40(55)45-22-13-24-47(62(45)68)61(44)66-64(65-52)48-25-14-23-46-43-21-7-12-30-60(43)70-63(46)48/h1-30,32-36,44H,31H2/b52-32+,65-64-,66-61+. The highest BCUT2D eigenvalue weighted by Crippen LogP contribution is 2.46. The molecule has 6 heteroatoms. The number of furan rings is 1. The summed E-state index contributed by atoms with van der Waals surface area (Å²) < 4.78 is 14.1. The molecule has 16 rings (SSSR count). The van der Waals surface area contributed by atoms with Gasteiger partial charge in [-0.3, -0.25) is 0 Å². The van der Waals surface area contributed by atoms with E-state index >= 15 is 0 Å². The van der Waals surface area contributed by atoms with Crippen molar-refractivity contribution >= 4 is 125 Å². The first-order valence-corrected chi connectivity index (χ1v) is 24.8. The lowest BCUT2D eigenvalue weighted by atomic mass is 9.85. The van der Waals surface area contributed by atoms with E-state index in [4.69, 9.17) is 14.4 Å². The first-order valence-electron chi connectivity index (χ1n) is 24.0. The van der Waals surface area contributed by atoms with E-state index in [2.05, 4.69) is 215 Å². The van der Waals surface area contributed by atoms with Crippen molar-refractivity contribution < 1.29 is 4.42 Å². The minimum atomic E-state index is -0.0934. The average molecular weight is 911 g/mol. The highest BCUT2D eigenvalue weighted by atomic mass is 32.1. The highest BCUT2D eigenvalue weighted by molar-refractivity contribution is 7.26.